The standard InChI is InChI=1S/C27H24N2O4S/c1-32-20-7-4-6-18(14-20)21-8-2-3-9-24(21)27(31)29-17-34-16-19(29)15-28-26(30)23-10-5-11-25-22(23)12-13-33-25/h2-14,19H,15-17H2,1H3,(H,28,30)/t19-/m1/s1. The quantitative estimate of drug-likeness (QED) is 0.425. The third kappa shape index (κ3) is 4.26. The second kappa shape index (κ2) is 9.65. The van der Waals surface area contributed by atoms with E-state index in [-0.39, 0.29) is 17.9 Å². The van der Waals surface area contributed by atoms with E-state index < -0.39 is 0 Å². The second-order valence-corrected chi connectivity index (χ2v) is 9.05. The Kier molecular flexibility index (Phi) is 6.27. The SMILES string of the molecule is COc1cccc(-c2ccccc2C(=O)N2CSC[C@H]2CNC(=O)c2cccc3occc23)c1. The van der Waals surface area contributed by atoms with Crippen LogP contribution in [-0.4, -0.2) is 48.0 Å². The Morgan fingerprint density at radius 1 is 1.06 bits per heavy atom. The summed E-state index contributed by atoms with van der Waals surface area (Å²) in [6.45, 7) is 0.382. The summed E-state index contributed by atoms with van der Waals surface area (Å²) in [5.74, 6) is 1.88. The summed E-state index contributed by atoms with van der Waals surface area (Å²) in [5.41, 5.74) is 3.66. The van der Waals surface area contributed by atoms with E-state index in [0.717, 1.165) is 28.0 Å². The van der Waals surface area contributed by atoms with Gasteiger partial charge in [-0.2, -0.15) is 0 Å². The Balaban J connectivity index is 1.34. The zero-order chi connectivity index (χ0) is 23.5. The minimum absolute atomic E-state index is 0.0420. The van der Waals surface area contributed by atoms with Gasteiger partial charge in [-0.25, -0.2) is 0 Å². The van der Waals surface area contributed by atoms with Gasteiger partial charge in [-0.05, 0) is 47.5 Å². The van der Waals surface area contributed by atoms with Crippen molar-refractivity contribution in [3.8, 4) is 16.9 Å². The van der Waals surface area contributed by atoms with Crippen molar-refractivity contribution in [3.63, 3.8) is 0 Å². The van der Waals surface area contributed by atoms with Gasteiger partial charge in [-0.3, -0.25) is 9.59 Å². The predicted molar refractivity (Wildman–Crippen MR) is 134 cm³/mol. The number of rotatable bonds is 6. The molecule has 2 amide bonds. The van der Waals surface area contributed by atoms with Crippen molar-refractivity contribution < 1.29 is 18.7 Å². The van der Waals surface area contributed by atoms with Crippen LogP contribution in [0.4, 0.5) is 0 Å². The summed E-state index contributed by atoms with van der Waals surface area (Å²) in [7, 11) is 1.63. The molecule has 0 bridgehead atoms. The molecule has 0 spiro atoms. The molecule has 172 valence electrons. The van der Waals surface area contributed by atoms with Gasteiger partial charge in [0.25, 0.3) is 11.8 Å². The summed E-state index contributed by atoms with van der Waals surface area (Å²) in [6.07, 6.45) is 1.58. The highest BCUT2D eigenvalue weighted by atomic mass is 32.2. The van der Waals surface area contributed by atoms with E-state index in [9.17, 15) is 9.59 Å². The van der Waals surface area contributed by atoms with Crippen LogP contribution in [0.5, 0.6) is 5.75 Å². The highest BCUT2D eigenvalue weighted by Crippen LogP contribution is 2.30. The van der Waals surface area contributed by atoms with Crippen molar-refractivity contribution in [2.75, 3.05) is 25.3 Å². The Hall–Kier alpha value is -3.71. The summed E-state index contributed by atoms with van der Waals surface area (Å²) >= 11 is 1.69. The lowest BCUT2D eigenvalue weighted by Crippen LogP contribution is -2.44. The number of methoxy groups -OCH3 is 1. The number of nitrogens with one attached hydrogen (secondary N) is 1. The van der Waals surface area contributed by atoms with Crippen LogP contribution in [0.3, 0.4) is 0 Å². The number of hydrogen-bond donors (Lipinski definition) is 1. The summed E-state index contributed by atoms with van der Waals surface area (Å²) in [6, 6.07) is 22.4. The number of amides is 2. The molecule has 1 N–H and O–H groups in total. The molecule has 1 saturated heterocycles. The zero-order valence-electron chi connectivity index (χ0n) is 18.7. The Bertz CT molecular complexity index is 1350. The van der Waals surface area contributed by atoms with Gasteiger partial charge in [0.1, 0.15) is 11.3 Å². The van der Waals surface area contributed by atoms with Gasteiger partial charge in [-0.1, -0.05) is 36.4 Å². The van der Waals surface area contributed by atoms with Crippen LogP contribution in [0.2, 0.25) is 0 Å². The first-order chi connectivity index (χ1) is 16.7. The van der Waals surface area contributed by atoms with Crippen molar-refractivity contribution in [3.05, 3.63) is 90.2 Å². The fourth-order valence-electron chi connectivity index (χ4n) is 4.24. The predicted octanol–water partition coefficient (Wildman–Crippen LogP) is 5.05. The minimum atomic E-state index is -0.173. The third-order valence-electron chi connectivity index (χ3n) is 6.02. The molecule has 0 radical (unpaired) electrons. The van der Waals surface area contributed by atoms with Crippen LogP contribution in [0, 0.1) is 0 Å². The van der Waals surface area contributed by atoms with Gasteiger partial charge < -0.3 is 19.4 Å². The molecular formula is C27H24N2O4S. The Morgan fingerprint density at radius 3 is 2.76 bits per heavy atom. The maximum Gasteiger partial charge on any atom is 0.255 e. The zero-order valence-corrected chi connectivity index (χ0v) is 19.5. The Labute approximate surface area is 201 Å². The molecule has 4 aromatic rings. The molecule has 1 aliphatic heterocycles. The number of carbonyl (C=O) groups excluding carboxylic acids is 2. The summed E-state index contributed by atoms with van der Waals surface area (Å²) < 4.78 is 10.8. The van der Waals surface area contributed by atoms with E-state index >= 15 is 0 Å². The first kappa shape index (κ1) is 22.1. The largest absolute Gasteiger partial charge is 0.497 e. The van der Waals surface area contributed by atoms with Gasteiger partial charge in [0.05, 0.1) is 30.9 Å². The number of benzene rings is 3. The monoisotopic (exact) mass is 472 g/mol. The lowest BCUT2D eigenvalue weighted by Gasteiger charge is -2.25. The molecule has 5 rings (SSSR count). The minimum Gasteiger partial charge on any atom is -0.497 e. The van der Waals surface area contributed by atoms with E-state index in [0.29, 0.717) is 29.1 Å². The van der Waals surface area contributed by atoms with Crippen molar-refractivity contribution >= 4 is 34.5 Å². The second-order valence-electron chi connectivity index (χ2n) is 8.05. The first-order valence-corrected chi connectivity index (χ1v) is 12.2. The molecule has 2 heterocycles. The van der Waals surface area contributed by atoms with E-state index in [4.69, 9.17) is 9.15 Å². The molecular weight excluding hydrogens is 448 g/mol. The van der Waals surface area contributed by atoms with E-state index in [1.54, 1.807) is 43.3 Å². The van der Waals surface area contributed by atoms with Gasteiger partial charge in [0, 0.05) is 23.2 Å². The van der Waals surface area contributed by atoms with E-state index in [1.165, 1.54) is 0 Å². The van der Waals surface area contributed by atoms with Crippen LogP contribution in [0.25, 0.3) is 22.1 Å². The van der Waals surface area contributed by atoms with Gasteiger partial charge in [-0.15, -0.1) is 11.8 Å². The van der Waals surface area contributed by atoms with Gasteiger partial charge >= 0.3 is 0 Å². The molecule has 0 saturated carbocycles. The third-order valence-corrected chi connectivity index (χ3v) is 7.10. The van der Waals surface area contributed by atoms with Crippen LogP contribution < -0.4 is 10.1 Å². The molecule has 0 unspecified atom stereocenters. The number of thioether (sulfide) groups is 1. The average molecular weight is 473 g/mol. The molecule has 1 atom stereocenters. The first-order valence-electron chi connectivity index (χ1n) is 11.0. The number of furan rings is 1. The lowest BCUT2D eigenvalue weighted by molar-refractivity contribution is 0.0737. The van der Waals surface area contributed by atoms with Crippen molar-refractivity contribution in [2.24, 2.45) is 0 Å². The van der Waals surface area contributed by atoms with Crippen molar-refractivity contribution in [1.29, 1.82) is 0 Å². The molecule has 0 aliphatic carbocycles. The normalized spacial score (nSPS) is 15.4. The highest BCUT2D eigenvalue weighted by Gasteiger charge is 2.31. The molecule has 7 heteroatoms. The van der Waals surface area contributed by atoms with Crippen LogP contribution >= 0.6 is 11.8 Å². The fourth-order valence-corrected chi connectivity index (χ4v) is 5.44. The topological polar surface area (TPSA) is 71.8 Å². The highest BCUT2D eigenvalue weighted by molar-refractivity contribution is 7.99. The average Bonchev–Trinajstić information content (AvgIpc) is 3.56. The summed E-state index contributed by atoms with van der Waals surface area (Å²) in [4.78, 5) is 28.4. The summed E-state index contributed by atoms with van der Waals surface area (Å²) in [5, 5.41) is 3.79. The maximum atomic E-state index is 13.6. The van der Waals surface area contributed by atoms with Crippen molar-refractivity contribution in [2.45, 2.75) is 6.04 Å². The molecule has 1 fully saturated rings. The molecule has 6 nitrogen and oxygen atoms in total. The van der Waals surface area contributed by atoms with E-state index in [1.807, 2.05) is 59.5 Å². The fraction of sp³-hybridized carbons (Fsp3) is 0.185. The van der Waals surface area contributed by atoms with Crippen LogP contribution in [0.1, 0.15) is 20.7 Å². The van der Waals surface area contributed by atoms with Crippen molar-refractivity contribution in [1.82, 2.24) is 10.2 Å². The van der Waals surface area contributed by atoms with Crippen LogP contribution in [0.15, 0.2) is 83.5 Å². The van der Waals surface area contributed by atoms with E-state index in [2.05, 4.69) is 5.32 Å². The number of carbonyl (C=O) groups is 2. The molecule has 1 aromatic heterocycles. The van der Waals surface area contributed by atoms with Crippen LogP contribution in [-0.2, 0) is 0 Å². The number of fused-ring (bicyclic) bond motifs is 1. The smallest absolute Gasteiger partial charge is 0.255 e. The number of ether oxygens (including phenoxy) is 1. The molecule has 3 aromatic carbocycles. The number of nitrogens with zero attached hydrogens (tertiary/aromatic N) is 1. The Morgan fingerprint density at radius 2 is 1.88 bits per heavy atom. The van der Waals surface area contributed by atoms with Gasteiger partial charge in [0.2, 0.25) is 0 Å². The lowest BCUT2D eigenvalue weighted by atomic mass is 9.98. The maximum absolute atomic E-state index is 13.6. The van der Waals surface area contributed by atoms with Gasteiger partial charge in [0.15, 0.2) is 0 Å². The number of hydrogen-bond acceptors (Lipinski definition) is 5. The molecule has 34 heavy (non-hydrogen) atoms. The molecule has 1 aliphatic rings.